The van der Waals surface area contributed by atoms with Crippen LogP contribution in [0, 0.1) is 0 Å². The molecule has 3 N–H and O–H groups in total. The van der Waals surface area contributed by atoms with E-state index in [1.807, 2.05) is 0 Å². The molecule has 0 bridgehead atoms. The Bertz CT molecular complexity index is 375. The number of nitrogens with two attached hydrogens (primary N) is 1. The Hall–Kier alpha value is -1.26. The van der Waals surface area contributed by atoms with Crippen LogP contribution in [0.1, 0.15) is 17.3 Å². The third-order valence-corrected chi connectivity index (χ3v) is 2.63. The van der Waals surface area contributed by atoms with Gasteiger partial charge in [-0.1, -0.05) is 11.6 Å². The summed E-state index contributed by atoms with van der Waals surface area (Å²) in [6.45, 7) is 1.67. The molecule has 0 fully saturated rings. The summed E-state index contributed by atoms with van der Waals surface area (Å²) in [5, 5.41) is 9.39. The van der Waals surface area contributed by atoms with Crippen molar-refractivity contribution >= 4 is 23.2 Å². The maximum atomic E-state index is 12.0. The summed E-state index contributed by atoms with van der Waals surface area (Å²) in [5.74, 6) is -0.212. The van der Waals surface area contributed by atoms with E-state index >= 15 is 0 Å². The van der Waals surface area contributed by atoms with Crippen LogP contribution in [0.3, 0.4) is 0 Å². The van der Waals surface area contributed by atoms with Crippen molar-refractivity contribution in [3.63, 3.8) is 0 Å². The molecule has 1 aromatic rings. The maximum absolute atomic E-state index is 12.0. The van der Waals surface area contributed by atoms with E-state index in [0.29, 0.717) is 16.3 Å². The molecular weight excluding hydrogens is 228 g/mol. The standard InChI is InChI=1S/C11H15ClN2O2/c1-7(6-15)14(2)11(16)8-3-9(12)5-10(13)4-8/h3-5,7,15H,6,13H2,1-2H3. The molecule has 0 aromatic heterocycles. The monoisotopic (exact) mass is 242 g/mol. The van der Waals surface area contributed by atoms with Gasteiger partial charge in [-0.05, 0) is 25.1 Å². The molecule has 0 aliphatic carbocycles. The van der Waals surface area contributed by atoms with Gasteiger partial charge in [0, 0.05) is 23.3 Å². The van der Waals surface area contributed by atoms with Gasteiger partial charge >= 0.3 is 0 Å². The zero-order chi connectivity index (χ0) is 12.3. The van der Waals surface area contributed by atoms with Gasteiger partial charge in [0.15, 0.2) is 0 Å². The average Bonchev–Trinajstić information content (AvgIpc) is 2.24. The average molecular weight is 243 g/mol. The number of nitrogen functional groups attached to an aromatic ring is 1. The van der Waals surface area contributed by atoms with E-state index in [1.165, 1.54) is 4.90 Å². The van der Waals surface area contributed by atoms with Gasteiger partial charge in [0.2, 0.25) is 0 Å². The van der Waals surface area contributed by atoms with Crippen molar-refractivity contribution in [2.24, 2.45) is 0 Å². The van der Waals surface area contributed by atoms with Gasteiger partial charge in [-0.25, -0.2) is 0 Å². The highest BCUT2D eigenvalue weighted by Gasteiger charge is 2.17. The number of likely N-dealkylation sites (N-methyl/N-ethyl adjacent to an activating group) is 1. The summed E-state index contributed by atoms with van der Waals surface area (Å²) in [6.07, 6.45) is 0. The predicted molar refractivity (Wildman–Crippen MR) is 64.5 cm³/mol. The molecule has 1 amide bonds. The highest BCUT2D eigenvalue weighted by atomic mass is 35.5. The molecule has 4 nitrogen and oxygen atoms in total. The van der Waals surface area contributed by atoms with Gasteiger partial charge in [-0.15, -0.1) is 0 Å². The minimum Gasteiger partial charge on any atom is -0.399 e. The van der Waals surface area contributed by atoms with E-state index in [9.17, 15) is 4.79 Å². The quantitative estimate of drug-likeness (QED) is 0.787. The van der Waals surface area contributed by atoms with E-state index in [1.54, 1.807) is 32.2 Å². The first-order valence-electron chi connectivity index (χ1n) is 4.89. The topological polar surface area (TPSA) is 66.6 Å². The summed E-state index contributed by atoms with van der Waals surface area (Å²) in [4.78, 5) is 13.4. The third-order valence-electron chi connectivity index (χ3n) is 2.41. The number of amides is 1. The number of carbonyl (C=O) groups is 1. The van der Waals surface area contributed by atoms with Crippen LogP contribution in [-0.2, 0) is 0 Å². The largest absolute Gasteiger partial charge is 0.399 e. The second kappa shape index (κ2) is 5.18. The zero-order valence-electron chi connectivity index (χ0n) is 9.27. The Morgan fingerprint density at radius 1 is 1.56 bits per heavy atom. The summed E-state index contributed by atoms with van der Waals surface area (Å²) >= 11 is 5.81. The van der Waals surface area contributed by atoms with E-state index in [4.69, 9.17) is 22.4 Å². The molecule has 1 aromatic carbocycles. The molecule has 16 heavy (non-hydrogen) atoms. The predicted octanol–water partition coefficient (Wildman–Crippen LogP) is 1.37. The van der Waals surface area contributed by atoms with Gasteiger partial charge in [0.1, 0.15) is 0 Å². The van der Waals surface area contributed by atoms with Crippen molar-refractivity contribution in [3.8, 4) is 0 Å². The fourth-order valence-electron chi connectivity index (χ4n) is 1.26. The van der Waals surface area contributed by atoms with E-state index in [0.717, 1.165) is 0 Å². The van der Waals surface area contributed by atoms with Crippen LogP contribution < -0.4 is 5.73 Å². The lowest BCUT2D eigenvalue weighted by Crippen LogP contribution is -2.37. The van der Waals surface area contributed by atoms with Crippen LogP contribution in [0.15, 0.2) is 18.2 Å². The molecule has 0 radical (unpaired) electrons. The zero-order valence-corrected chi connectivity index (χ0v) is 10.0. The lowest BCUT2D eigenvalue weighted by molar-refractivity contribution is 0.0682. The molecule has 1 rings (SSSR count). The first kappa shape index (κ1) is 12.8. The van der Waals surface area contributed by atoms with Crippen molar-refractivity contribution in [2.45, 2.75) is 13.0 Å². The Labute approximate surface area is 99.6 Å². The van der Waals surface area contributed by atoms with E-state index in [2.05, 4.69) is 0 Å². The van der Waals surface area contributed by atoms with Crippen LogP contribution in [0.2, 0.25) is 5.02 Å². The molecule has 0 saturated carbocycles. The third kappa shape index (κ3) is 2.87. The number of carbonyl (C=O) groups excluding carboxylic acids is 1. The summed E-state index contributed by atoms with van der Waals surface area (Å²) in [7, 11) is 1.63. The molecule has 5 heteroatoms. The molecule has 88 valence electrons. The van der Waals surface area contributed by atoms with Crippen LogP contribution in [0.25, 0.3) is 0 Å². The van der Waals surface area contributed by atoms with Gasteiger partial charge in [0.25, 0.3) is 5.91 Å². The number of rotatable bonds is 3. The van der Waals surface area contributed by atoms with E-state index < -0.39 is 0 Å². The first-order chi connectivity index (χ1) is 7.45. The Kier molecular flexibility index (Phi) is 4.15. The van der Waals surface area contributed by atoms with Gasteiger partial charge in [-0.3, -0.25) is 4.79 Å². The summed E-state index contributed by atoms with van der Waals surface area (Å²) in [6, 6.07) is 4.46. The normalized spacial score (nSPS) is 12.2. The number of hydrogen-bond donors (Lipinski definition) is 2. The number of aliphatic hydroxyl groups is 1. The lowest BCUT2D eigenvalue weighted by atomic mass is 10.1. The molecule has 0 spiro atoms. The SMILES string of the molecule is CC(CO)N(C)C(=O)c1cc(N)cc(Cl)c1. The Morgan fingerprint density at radius 3 is 2.69 bits per heavy atom. The highest BCUT2D eigenvalue weighted by Crippen LogP contribution is 2.18. The molecular formula is C11H15ClN2O2. The number of anilines is 1. The molecule has 1 atom stereocenters. The molecule has 0 heterocycles. The number of halogens is 1. The van der Waals surface area contributed by atoms with Gasteiger partial charge < -0.3 is 15.7 Å². The fourth-order valence-corrected chi connectivity index (χ4v) is 1.51. The summed E-state index contributed by atoms with van der Waals surface area (Å²) < 4.78 is 0. The number of benzene rings is 1. The lowest BCUT2D eigenvalue weighted by Gasteiger charge is -2.23. The van der Waals surface area contributed by atoms with Gasteiger partial charge in [-0.2, -0.15) is 0 Å². The maximum Gasteiger partial charge on any atom is 0.254 e. The summed E-state index contributed by atoms with van der Waals surface area (Å²) in [5.41, 5.74) is 6.47. The second-order valence-corrected chi connectivity index (χ2v) is 4.16. The Morgan fingerprint density at radius 2 is 2.19 bits per heavy atom. The molecule has 0 saturated heterocycles. The van der Waals surface area contributed by atoms with Crippen molar-refractivity contribution in [1.29, 1.82) is 0 Å². The minimum absolute atomic E-state index is 0.0850. The van der Waals surface area contributed by atoms with Crippen molar-refractivity contribution in [3.05, 3.63) is 28.8 Å². The number of nitrogens with zero attached hydrogens (tertiary/aromatic N) is 1. The number of hydrogen-bond acceptors (Lipinski definition) is 3. The van der Waals surface area contributed by atoms with Crippen molar-refractivity contribution in [2.75, 3.05) is 19.4 Å². The smallest absolute Gasteiger partial charge is 0.254 e. The molecule has 0 aliphatic rings. The second-order valence-electron chi connectivity index (χ2n) is 3.72. The van der Waals surface area contributed by atoms with Crippen LogP contribution in [0.4, 0.5) is 5.69 Å². The van der Waals surface area contributed by atoms with Crippen LogP contribution >= 0.6 is 11.6 Å². The van der Waals surface area contributed by atoms with Crippen molar-refractivity contribution in [1.82, 2.24) is 4.90 Å². The van der Waals surface area contributed by atoms with Crippen molar-refractivity contribution < 1.29 is 9.90 Å². The molecule has 0 aliphatic heterocycles. The highest BCUT2D eigenvalue weighted by molar-refractivity contribution is 6.31. The molecule has 1 unspecified atom stereocenters. The first-order valence-corrected chi connectivity index (χ1v) is 5.27. The van der Waals surface area contributed by atoms with Gasteiger partial charge in [0.05, 0.1) is 12.6 Å². The van der Waals surface area contributed by atoms with E-state index in [-0.39, 0.29) is 18.6 Å². The fraction of sp³-hybridized carbons (Fsp3) is 0.364. The minimum atomic E-state index is -0.243. The van der Waals surface area contributed by atoms with Crippen LogP contribution in [0.5, 0.6) is 0 Å². The number of aliphatic hydroxyl groups excluding tert-OH is 1. The van der Waals surface area contributed by atoms with Crippen LogP contribution in [-0.4, -0.2) is 35.6 Å². The Balaban J connectivity index is 2.96.